The Morgan fingerprint density at radius 2 is 1.87 bits per heavy atom. The Labute approximate surface area is 84.1 Å². The number of hydrogen-bond donors (Lipinski definition) is 0. The Morgan fingerprint density at radius 3 is 2.33 bits per heavy atom. The van der Waals surface area contributed by atoms with Crippen molar-refractivity contribution < 1.29 is 13.2 Å². The van der Waals surface area contributed by atoms with Crippen LogP contribution in [0, 0.1) is 6.07 Å². The Kier molecular flexibility index (Phi) is 2.10. The van der Waals surface area contributed by atoms with Gasteiger partial charge in [-0.25, -0.2) is 0 Å². The molecule has 5 heteroatoms. The molecule has 2 rings (SSSR count). The van der Waals surface area contributed by atoms with E-state index in [0.29, 0.717) is 0 Å². The summed E-state index contributed by atoms with van der Waals surface area (Å²) in [7, 11) is 0. The molecule has 1 aliphatic heterocycles. The highest BCUT2D eigenvalue weighted by Crippen LogP contribution is 2.45. The Morgan fingerprint density at radius 1 is 1.20 bits per heavy atom. The summed E-state index contributed by atoms with van der Waals surface area (Å²) >= 11 is 0. The number of halogens is 3. The van der Waals surface area contributed by atoms with E-state index in [1.165, 1.54) is 24.3 Å². The minimum Gasteiger partial charge on any atom is -0.168 e. The summed E-state index contributed by atoms with van der Waals surface area (Å²) in [5.41, 5.74) is -2.27. The van der Waals surface area contributed by atoms with E-state index in [0.717, 1.165) is 12.3 Å². The molecule has 0 saturated heterocycles. The standard InChI is InChI=1S/C10H6F3N2/c11-10(12,13)9(6-7-14-15-9)8-4-2-1-3-5-8/h2-7H. The van der Waals surface area contributed by atoms with Crippen molar-refractivity contribution in [2.45, 2.75) is 11.7 Å². The number of alkyl halides is 3. The van der Waals surface area contributed by atoms with Crippen LogP contribution < -0.4 is 0 Å². The SMILES string of the molecule is FC(F)(F)C1(c2cc[c]cc2)C=CN=N1. The zero-order valence-electron chi connectivity index (χ0n) is 7.49. The molecule has 0 amide bonds. The highest BCUT2D eigenvalue weighted by atomic mass is 19.4. The minimum atomic E-state index is -4.48. The van der Waals surface area contributed by atoms with Crippen molar-refractivity contribution >= 4 is 0 Å². The van der Waals surface area contributed by atoms with Gasteiger partial charge in [-0.1, -0.05) is 24.3 Å². The van der Waals surface area contributed by atoms with E-state index in [2.05, 4.69) is 16.3 Å². The lowest BCUT2D eigenvalue weighted by atomic mass is 9.90. The first kappa shape index (κ1) is 9.89. The van der Waals surface area contributed by atoms with Crippen molar-refractivity contribution in [3.8, 4) is 0 Å². The van der Waals surface area contributed by atoms with Gasteiger partial charge in [-0.15, -0.1) is 0 Å². The molecule has 0 N–H and O–H groups in total. The molecule has 1 atom stereocenters. The van der Waals surface area contributed by atoms with Gasteiger partial charge >= 0.3 is 6.18 Å². The number of hydrogen-bond acceptors (Lipinski definition) is 2. The summed E-state index contributed by atoms with van der Waals surface area (Å²) < 4.78 is 38.7. The molecule has 0 spiro atoms. The first-order valence-corrected chi connectivity index (χ1v) is 4.19. The average molecular weight is 211 g/mol. The molecular formula is C10H6F3N2. The van der Waals surface area contributed by atoms with E-state index in [1.807, 2.05) is 0 Å². The molecule has 1 heterocycles. The maximum atomic E-state index is 12.9. The van der Waals surface area contributed by atoms with Crippen LogP contribution in [0.15, 0.2) is 46.8 Å². The van der Waals surface area contributed by atoms with E-state index in [1.54, 1.807) is 0 Å². The lowest BCUT2D eigenvalue weighted by Crippen LogP contribution is -2.37. The minimum absolute atomic E-state index is 0.0475. The predicted octanol–water partition coefficient (Wildman–Crippen LogP) is 3.22. The number of nitrogens with zero attached hydrogens (tertiary/aromatic N) is 2. The second-order valence-corrected chi connectivity index (χ2v) is 3.08. The van der Waals surface area contributed by atoms with Gasteiger partial charge in [-0.05, 0) is 17.7 Å². The van der Waals surface area contributed by atoms with Crippen LogP contribution in [-0.4, -0.2) is 6.18 Å². The summed E-state index contributed by atoms with van der Waals surface area (Å²) in [4.78, 5) is 0. The molecule has 15 heavy (non-hydrogen) atoms. The van der Waals surface area contributed by atoms with Gasteiger partial charge in [0.15, 0.2) is 0 Å². The van der Waals surface area contributed by atoms with E-state index in [-0.39, 0.29) is 5.56 Å². The molecule has 1 radical (unpaired) electrons. The van der Waals surface area contributed by atoms with Crippen LogP contribution in [0.1, 0.15) is 5.56 Å². The van der Waals surface area contributed by atoms with Gasteiger partial charge in [0.1, 0.15) is 0 Å². The lowest BCUT2D eigenvalue weighted by Gasteiger charge is -2.25. The number of azo groups is 1. The van der Waals surface area contributed by atoms with E-state index >= 15 is 0 Å². The van der Waals surface area contributed by atoms with E-state index in [4.69, 9.17) is 0 Å². The molecule has 1 aliphatic rings. The fourth-order valence-corrected chi connectivity index (χ4v) is 1.41. The fourth-order valence-electron chi connectivity index (χ4n) is 1.41. The van der Waals surface area contributed by atoms with Gasteiger partial charge in [0, 0.05) is 6.20 Å². The third kappa shape index (κ3) is 1.44. The predicted molar refractivity (Wildman–Crippen MR) is 47.0 cm³/mol. The normalized spacial score (nSPS) is 24.7. The highest BCUT2D eigenvalue weighted by molar-refractivity contribution is 5.33. The van der Waals surface area contributed by atoms with E-state index in [9.17, 15) is 13.2 Å². The van der Waals surface area contributed by atoms with Gasteiger partial charge < -0.3 is 0 Å². The van der Waals surface area contributed by atoms with Crippen molar-refractivity contribution in [1.82, 2.24) is 0 Å². The molecule has 77 valence electrons. The summed E-state index contributed by atoms with van der Waals surface area (Å²) in [6.07, 6.45) is -2.47. The lowest BCUT2D eigenvalue weighted by molar-refractivity contribution is -0.174. The Balaban J connectivity index is 2.55. The first-order chi connectivity index (χ1) is 7.06. The van der Waals surface area contributed by atoms with E-state index < -0.39 is 11.7 Å². The molecule has 0 aromatic heterocycles. The second-order valence-electron chi connectivity index (χ2n) is 3.08. The molecule has 0 fully saturated rings. The van der Waals surface area contributed by atoms with Crippen LogP contribution in [-0.2, 0) is 5.54 Å². The van der Waals surface area contributed by atoms with Gasteiger partial charge in [-0.2, -0.15) is 23.4 Å². The van der Waals surface area contributed by atoms with Gasteiger partial charge in [-0.3, -0.25) is 0 Å². The monoisotopic (exact) mass is 211 g/mol. The number of rotatable bonds is 1. The van der Waals surface area contributed by atoms with Crippen LogP contribution in [0.5, 0.6) is 0 Å². The maximum absolute atomic E-state index is 12.9. The Hall–Kier alpha value is -1.65. The molecule has 0 saturated carbocycles. The smallest absolute Gasteiger partial charge is 0.168 e. The summed E-state index contributed by atoms with van der Waals surface area (Å²) in [6.45, 7) is 0. The molecule has 1 unspecified atom stereocenters. The Bertz CT molecular complexity index is 394. The van der Waals surface area contributed by atoms with Crippen LogP contribution in [0.3, 0.4) is 0 Å². The first-order valence-electron chi connectivity index (χ1n) is 4.19. The van der Waals surface area contributed by atoms with Crippen LogP contribution >= 0.6 is 0 Å². The summed E-state index contributed by atoms with van der Waals surface area (Å²) in [5, 5.41) is 6.58. The molecule has 0 aliphatic carbocycles. The average Bonchev–Trinajstić information content (AvgIpc) is 2.68. The number of benzene rings is 1. The van der Waals surface area contributed by atoms with Crippen molar-refractivity contribution in [3.63, 3.8) is 0 Å². The maximum Gasteiger partial charge on any atom is 0.423 e. The third-order valence-electron chi connectivity index (χ3n) is 2.19. The van der Waals surface area contributed by atoms with Crippen molar-refractivity contribution in [2.75, 3.05) is 0 Å². The third-order valence-corrected chi connectivity index (χ3v) is 2.19. The van der Waals surface area contributed by atoms with Gasteiger partial charge in [0.25, 0.3) is 0 Å². The molecule has 1 aromatic carbocycles. The van der Waals surface area contributed by atoms with Gasteiger partial charge in [0.2, 0.25) is 5.54 Å². The summed E-state index contributed by atoms with van der Waals surface area (Å²) in [5.74, 6) is 0. The highest BCUT2D eigenvalue weighted by Gasteiger charge is 2.56. The van der Waals surface area contributed by atoms with Crippen molar-refractivity contribution in [1.29, 1.82) is 0 Å². The second kappa shape index (κ2) is 3.18. The quantitative estimate of drug-likeness (QED) is 0.681. The zero-order chi connectivity index (χ0) is 10.9. The molecular weight excluding hydrogens is 205 g/mol. The van der Waals surface area contributed by atoms with Crippen molar-refractivity contribution in [3.05, 3.63) is 48.2 Å². The molecule has 0 bridgehead atoms. The largest absolute Gasteiger partial charge is 0.423 e. The van der Waals surface area contributed by atoms with Crippen LogP contribution in [0.4, 0.5) is 13.2 Å². The van der Waals surface area contributed by atoms with Crippen LogP contribution in [0.2, 0.25) is 0 Å². The topological polar surface area (TPSA) is 24.7 Å². The fraction of sp³-hybridized carbons (Fsp3) is 0.200. The summed E-state index contributed by atoms with van der Waals surface area (Å²) in [6, 6.07) is 8.17. The van der Waals surface area contributed by atoms with Gasteiger partial charge in [0.05, 0.1) is 0 Å². The zero-order valence-corrected chi connectivity index (χ0v) is 7.49. The molecule has 2 nitrogen and oxygen atoms in total. The van der Waals surface area contributed by atoms with Crippen molar-refractivity contribution in [2.24, 2.45) is 10.2 Å². The molecule has 1 aromatic rings. The van der Waals surface area contributed by atoms with Crippen LogP contribution in [0.25, 0.3) is 0 Å².